The summed E-state index contributed by atoms with van der Waals surface area (Å²) in [5.74, 6) is -1.22. The molecule has 0 spiro atoms. The van der Waals surface area contributed by atoms with Gasteiger partial charge in [-0.3, -0.25) is 4.79 Å². The molecule has 1 heterocycles. The molecule has 37 heavy (non-hydrogen) atoms. The Morgan fingerprint density at radius 1 is 1.16 bits per heavy atom. The summed E-state index contributed by atoms with van der Waals surface area (Å²) in [6.45, 7) is 8.92. The normalized spacial score (nSPS) is 14.1. The molecule has 2 N–H and O–H groups in total. The number of aromatic nitrogens is 2. The van der Waals surface area contributed by atoms with Crippen molar-refractivity contribution in [3.63, 3.8) is 0 Å². The van der Waals surface area contributed by atoms with Gasteiger partial charge >= 0.3 is 5.97 Å². The first-order chi connectivity index (χ1) is 17.0. The van der Waals surface area contributed by atoms with Gasteiger partial charge in [-0.15, -0.1) is 0 Å². The maximum atomic E-state index is 13.6. The van der Waals surface area contributed by atoms with Crippen molar-refractivity contribution in [2.45, 2.75) is 71.2 Å². The number of benzene rings is 1. The molecule has 0 fully saturated rings. The van der Waals surface area contributed by atoms with Crippen LogP contribution in [0.15, 0.2) is 30.3 Å². The van der Waals surface area contributed by atoms with Crippen LogP contribution in [0.5, 0.6) is 0 Å². The van der Waals surface area contributed by atoms with Crippen LogP contribution in [0.2, 0.25) is 0 Å². The van der Waals surface area contributed by atoms with Gasteiger partial charge in [-0.25, -0.2) is 27.1 Å². The predicted octanol–water partition coefficient (Wildman–Crippen LogP) is 3.66. The summed E-state index contributed by atoms with van der Waals surface area (Å²) in [5.41, 5.74) is 1.21. The second-order valence-corrected chi connectivity index (χ2v) is 12.2. The van der Waals surface area contributed by atoms with Crippen LogP contribution in [0.25, 0.3) is 17.3 Å². The Balaban J connectivity index is 2.45. The number of rotatable bonds is 10. The molecule has 0 amide bonds. The smallest absolute Gasteiger partial charge is 0.308 e. The molecular weight excluding hydrogens is 501 g/mol. The molecule has 0 radical (unpaired) electrons. The fraction of sp³-hybridized carbons (Fsp3) is 0.500. The zero-order chi connectivity index (χ0) is 28.1. The molecule has 0 aliphatic heterocycles. The van der Waals surface area contributed by atoms with E-state index in [1.165, 1.54) is 37.4 Å². The monoisotopic (exact) mass is 537 g/mol. The third-order valence-corrected chi connectivity index (χ3v) is 6.39. The molecule has 1 unspecified atom stereocenters. The highest BCUT2D eigenvalue weighted by Gasteiger charge is 2.23. The summed E-state index contributed by atoms with van der Waals surface area (Å²) in [7, 11) is -2.31. The van der Waals surface area contributed by atoms with Crippen LogP contribution < -0.4 is 4.31 Å². The molecule has 1 aromatic carbocycles. The summed E-state index contributed by atoms with van der Waals surface area (Å²) in [6, 6.07) is 5.57. The molecule has 9 nitrogen and oxygen atoms in total. The highest BCUT2D eigenvalue weighted by Crippen LogP contribution is 2.31. The number of aliphatic hydroxyl groups is 2. The van der Waals surface area contributed by atoms with Gasteiger partial charge in [0, 0.05) is 24.6 Å². The van der Waals surface area contributed by atoms with Gasteiger partial charge in [-0.05, 0) is 51.0 Å². The van der Waals surface area contributed by atoms with Gasteiger partial charge in [0.2, 0.25) is 16.0 Å². The molecule has 0 saturated carbocycles. The van der Waals surface area contributed by atoms with Crippen molar-refractivity contribution in [2.75, 3.05) is 17.6 Å². The average molecular weight is 538 g/mol. The molecule has 2 aromatic rings. The Bertz CT molecular complexity index is 1220. The number of aliphatic hydroxyl groups excluding tert-OH is 2. The number of halogens is 1. The summed E-state index contributed by atoms with van der Waals surface area (Å²) in [5, 5.41) is 20.8. The van der Waals surface area contributed by atoms with Crippen LogP contribution >= 0.6 is 0 Å². The first kappa shape index (κ1) is 30.3. The first-order valence-corrected chi connectivity index (χ1v) is 13.7. The summed E-state index contributed by atoms with van der Waals surface area (Å²) in [4.78, 5) is 20.9. The molecular formula is C26H36FN3O6S. The lowest BCUT2D eigenvalue weighted by atomic mass is 9.97. The van der Waals surface area contributed by atoms with Crippen molar-refractivity contribution in [1.82, 2.24) is 9.97 Å². The topological polar surface area (TPSA) is 130 Å². The first-order valence-electron chi connectivity index (χ1n) is 11.9. The van der Waals surface area contributed by atoms with E-state index in [9.17, 15) is 27.8 Å². The predicted molar refractivity (Wildman–Crippen MR) is 141 cm³/mol. The largest absolute Gasteiger partial charge is 0.460 e. The number of ether oxygens (including phenoxy) is 1. The molecule has 204 valence electrons. The summed E-state index contributed by atoms with van der Waals surface area (Å²) in [6.07, 6.45) is 1.44. The van der Waals surface area contributed by atoms with E-state index in [-0.39, 0.29) is 24.7 Å². The van der Waals surface area contributed by atoms with E-state index in [2.05, 4.69) is 9.97 Å². The molecule has 0 saturated heterocycles. The lowest BCUT2D eigenvalue weighted by Gasteiger charge is -2.21. The fourth-order valence-electron chi connectivity index (χ4n) is 3.42. The number of anilines is 1. The second-order valence-electron chi connectivity index (χ2n) is 10.2. The van der Waals surface area contributed by atoms with Crippen molar-refractivity contribution in [3.8, 4) is 11.3 Å². The van der Waals surface area contributed by atoms with Crippen LogP contribution in [0.4, 0.5) is 10.3 Å². The van der Waals surface area contributed by atoms with E-state index in [0.29, 0.717) is 22.5 Å². The molecule has 0 aliphatic carbocycles. The van der Waals surface area contributed by atoms with E-state index >= 15 is 0 Å². The summed E-state index contributed by atoms with van der Waals surface area (Å²) < 4.78 is 44.1. The maximum Gasteiger partial charge on any atom is 0.308 e. The number of carbonyl (C=O) groups is 1. The van der Waals surface area contributed by atoms with Crippen molar-refractivity contribution >= 4 is 28.0 Å². The number of esters is 1. The molecule has 1 aromatic heterocycles. The van der Waals surface area contributed by atoms with Gasteiger partial charge in [0.25, 0.3) is 0 Å². The number of hydrogen-bond acceptors (Lipinski definition) is 8. The van der Waals surface area contributed by atoms with Crippen molar-refractivity contribution in [3.05, 3.63) is 47.4 Å². The van der Waals surface area contributed by atoms with E-state index in [4.69, 9.17) is 4.74 Å². The second kappa shape index (κ2) is 12.1. The van der Waals surface area contributed by atoms with Gasteiger partial charge in [0.05, 0.1) is 36.3 Å². The zero-order valence-electron chi connectivity index (χ0n) is 22.3. The molecule has 2 atom stereocenters. The van der Waals surface area contributed by atoms with Crippen LogP contribution in [0.3, 0.4) is 0 Å². The van der Waals surface area contributed by atoms with E-state index in [1.54, 1.807) is 26.8 Å². The third-order valence-electron chi connectivity index (χ3n) is 5.23. The minimum atomic E-state index is -3.65. The fourth-order valence-corrected chi connectivity index (χ4v) is 3.80. The summed E-state index contributed by atoms with van der Waals surface area (Å²) >= 11 is 0. The number of nitrogens with zero attached hydrogens (tertiary/aromatic N) is 3. The lowest BCUT2D eigenvalue weighted by Crippen LogP contribution is -2.28. The Labute approximate surface area is 218 Å². The van der Waals surface area contributed by atoms with E-state index in [0.717, 1.165) is 10.6 Å². The maximum absolute atomic E-state index is 13.6. The minimum absolute atomic E-state index is 0.0454. The van der Waals surface area contributed by atoms with Crippen molar-refractivity contribution in [1.29, 1.82) is 0 Å². The SMILES string of the molecule is CC(C)c1nc(N(C)S(C)(=O)=O)nc(-c2ccc(F)cc2)c1/C=C/C(O)C[C@@H](O)CC(=O)OC(C)(C)C. The molecule has 2 rings (SSSR count). The Hall–Kier alpha value is -2.89. The quantitative estimate of drug-likeness (QED) is 0.439. The van der Waals surface area contributed by atoms with Gasteiger partial charge in [-0.1, -0.05) is 26.0 Å². The van der Waals surface area contributed by atoms with Gasteiger partial charge in [-0.2, -0.15) is 0 Å². The van der Waals surface area contributed by atoms with Crippen molar-refractivity contribution in [2.24, 2.45) is 0 Å². The number of sulfonamides is 1. The van der Waals surface area contributed by atoms with Crippen molar-refractivity contribution < 1.29 is 32.6 Å². The standard InChI is InChI=1S/C26H36FN3O6S/c1-16(2)23-21(13-12-19(31)14-20(32)15-22(33)36-26(3,4)5)24(17-8-10-18(27)11-9-17)29-25(28-23)30(6)37(7,34)35/h8-13,16,19-20,31-32H,14-15H2,1-7H3/b13-12+/t19?,20-/m1/s1. The van der Waals surface area contributed by atoms with Gasteiger partial charge in [0.15, 0.2) is 0 Å². The van der Waals surface area contributed by atoms with Gasteiger partial charge < -0.3 is 14.9 Å². The highest BCUT2D eigenvalue weighted by atomic mass is 32.2. The molecule has 0 aliphatic rings. The minimum Gasteiger partial charge on any atom is -0.460 e. The number of hydrogen-bond donors (Lipinski definition) is 2. The van der Waals surface area contributed by atoms with Crippen LogP contribution in [-0.2, 0) is 19.6 Å². The zero-order valence-corrected chi connectivity index (χ0v) is 23.1. The molecule has 11 heteroatoms. The third kappa shape index (κ3) is 9.17. The Kier molecular flexibility index (Phi) is 9.92. The van der Waals surface area contributed by atoms with E-state index < -0.39 is 39.6 Å². The van der Waals surface area contributed by atoms with Crippen LogP contribution in [0, 0.1) is 5.82 Å². The highest BCUT2D eigenvalue weighted by molar-refractivity contribution is 7.92. The molecule has 0 bridgehead atoms. The Morgan fingerprint density at radius 2 is 1.76 bits per heavy atom. The number of carbonyl (C=O) groups excluding carboxylic acids is 1. The van der Waals surface area contributed by atoms with Crippen LogP contribution in [0.1, 0.15) is 64.6 Å². The Morgan fingerprint density at radius 3 is 2.27 bits per heavy atom. The van der Waals surface area contributed by atoms with Gasteiger partial charge in [0.1, 0.15) is 11.4 Å². The van der Waals surface area contributed by atoms with E-state index in [1.807, 2.05) is 13.8 Å². The average Bonchev–Trinajstić information content (AvgIpc) is 2.75. The lowest BCUT2D eigenvalue weighted by molar-refractivity contribution is -0.157. The van der Waals surface area contributed by atoms with Crippen LogP contribution in [-0.4, -0.2) is 65.7 Å².